The zero-order chi connectivity index (χ0) is 18.5. The number of hydrogen-bond acceptors (Lipinski definition) is 5. The van der Waals surface area contributed by atoms with Crippen molar-refractivity contribution >= 4 is 38.9 Å². The van der Waals surface area contributed by atoms with Crippen molar-refractivity contribution < 1.29 is 9.59 Å². The lowest BCUT2D eigenvalue weighted by atomic mass is 9.99. The number of Topliss-reactive ketones (excluding diaryl/α,β-unsaturated/α-hetero) is 1. The Morgan fingerprint density at radius 2 is 2.07 bits per heavy atom. The van der Waals surface area contributed by atoms with E-state index in [1.165, 1.54) is 15.8 Å². The number of hydrogen-bond donors (Lipinski definition) is 1. The van der Waals surface area contributed by atoms with Crippen LogP contribution in [0.4, 0.5) is 5.69 Å². The monoisotopic (exact) mass is 379 g/mol. The molecule has 1 aliphatic heterocycles. The van der Waals surface area contributed by atoms with Gasteiger partial charge in [0.2, 0.25) is 5.91 Å². The van der Waals surface area contributed by atoms with Gasteiger partial charge in [-0.2, -0.15) is 0 Å². The fourth-order valence-corrected chi connectivity index (χ4v) is 5.15. The SMILES string of the molecule is O=C1CCc2cc(C(=O)Cn3cnc4sc5c(c4c3=O)CCC5)ccc2N1. The Morgan fingerprint density at radius 3 is 2.96 bits per heavy atom. The highest BCUT2D eigenvalue weighted by Gasteiger charge is 2.22. The van der Waals surface area contributed by atoms with Crippen LogP contribution in [0.25, 0.3) is 10.2 Å². The van der Waals surface area contributed by atoms with Crippen molar-refractivity contribution in [2.45, 2.75) is 38.6 Å². The lowest BCUT2D eigenvalue weighted by Gasteiger charge is -2.17. The summed E-state index contributed by atoms with van der Waals surface area (Å²) < 4.78 is 1.41. The number of aromatic nitrogens is 2. The van der Waals surface area contributed by atoms with E-state index < -0.39 is 0 Å². The number of ketones is 1. The first kappa shape index (κ1) is 16.4. The van der Waals surface area contributed by atoms with Gasteiger partial charge < -0.3 is 5.32 Å². The standard InChI is InChI=1S/C20H17N3O3S/c24-15(12-4-6-14-11(8-12)5-7-17(25)22-14)9-23-10-21-19-18(20(23)26)13-2-1-3-16(13)27-19/h4,6,8,10H,1-3,5,7,9H2,(H,22,25). The van der Waals surface area contributed by atoms with Gasteiger partial charge in [0.05, 0.1) is 18.3 Å². The largest absolute Gasteiger partial charge is 0.326 e. The molecule has 3 aromatic rings. The second kappa shape index (κ2) is 6.13. The zero-order valence-corrected chi connectivity index (χ0v) is 15.4. The van der Waals surface area contributed by atoms with Crippen LogP contribution in [0.15, 0.2) is 29.3 Å². The minimum Gasteiger partial charge on any atom is -0.326 e. The molecule has 0 spiro atoms. The molecular formula is C20H17N3O3S. The number of benzene rings is 1. The third-order valence-electron chi connectivity index (χ3n) is 5.33. The Labute approximate surface area is 158 Å². The smallest absolute Gasteiger partial charge is 0.262 e. The molecule has 0 fully saturated rings. The highest BCUT2D eigenvalue weighted by Crippen LogP contribution is 2.34. The molecule has 0 atom stereocenters. The van der Waals surface area contributed by atoms with Crippen LogP contribution in [0, 0.1) is 0 Å². The van der Waals surface area contributed by atoms with Gasteiger partial charge >= 0.3 is 0 Å². The van der Waals surface area contributed by atoms with Crippen molar-refractivity contribution in [1.82, 2.24) is 9.55 Å². The molecule has 0 radical (unpaired) electrons. The van der Waals surface area contributed by atoms with Crippen LogP contribution in [-0.2, 0) is 30.6 Å². The van der Waals surface area contributed by atoms with Crippen LogP contribution in [0.2, 0.25) is 0 Å². The van der Waals surface area contributed by atoms with E-state index in [9.17, 15) is 14.4 Å². The minimum absolute atomic E-state index is 0.00389. The molecule has 0 saturated carbocycles. The van der Waals surface area contributed by atoms with Gasteiger partial charge in [-0.15, -0.1) is 11.3 Å². The Bertz CT molecular complexity index is 1180. The first-order valence-electron chi connectivity index (χ1n) is 9.06. The number of nitrogens with zero attached hydrogens (tertiary/aromatic N) is 2. The average molecular weight is 379 g/mol. The highest BCUT2D eigenvalue weighted by molar-refractivity contribution is 7.18. The van der Waals surface area contributed by atoms with Gasteiger partial charge in [0.25, 0.3) is 5.56 Å². The summed E-state index contributed by atoms with van der Waals surface area (Å²) >= 11 is 1.60. The van der Waals surface area contributed by atoms with E-state index >= 15 is 0 Å². The van der Waals surface area contributed by atoms with Gasteiger partial charge in [0.1, 0.15) is 4.83 Å². The number of amides is 1. The van der Waals surface area contributed by atoms with E-state index in [0.717, 1.165) is 40.9 Å². The van der Waals surface area contributed by atoms with Gasteiger partial charge in [-0.05, 0) is 55.0 Å². The molecule has 27 heavy (non-hydrogen) atoms. The molecule has 0 unspecified atom stereocenters. The van der Waals surface area contributed by atoms with Gasteiger partial charge in [-0.25, -0.2) is 4.98 Å². The van der Waals surface area contributed by atoms with Crippen molar-refractivity contribution in [1.29, 1.82) is 0 Å². The quantitative estimate of drug-likeness (QED) is 0.710. The summed E-state index contributed by atoms with van der Waals surface area (Å²) in [6, 6.07) is 5.28. The van der Waals surface area contributed by atoms with Crippen molar-refractivity contribution in [3.05, 3.63) is 56.4 Å². The maximum absolute atomic E-state index is 12.9. The van der Waals surface area contributed by atoms with E-state index in [1.807, 2.05) is 6.07 Å². The summed E-state index contributed by atoms with van der Waals surface area (Å²) in [5, 5.41) is 3.50. The number of anilines is 1. The van der Waals surface area contributed by atoms with Crippen LogP contribution in [-0.4, -0.2) is 21.2 Å². The Hall–Kier alpha value is -2.80. The van der Waals surface area contributed by atoms with Crippen LogP contribution in [0.1, 0.15) is 39.2 Å². The van der Waals surface area contributed by atoms with Gasteiger partial charge in [0, 0.05) is 22.5 Å². The zero-order valence-electron chi connectivity index (χ0n) is 14.6. The molecule has 2 aromatic heterocycles. The number of carbonyl (C=O) groups is 2. The van der Waals surface area contributed by atoms with Crippen molar-refractivity contribution in [3.63, 3.8) is 0 Å². The van der Waals surface area contributed by atoms with Gasteiger partial charge in [-0.3, -0.25) is 19.0 Å². The molecule has 136 valence electrons. The Kier molecular flexibility index (Phi) is 3.72. The number of fused-ring (bicyclic) bond motifs is 4. The molecule has 0 bridgehead atoms. The van der Waals surface area contributed by atoms with Gasteiger partial charge in [-0.1, -0.05) is 0 Å². The number of thiophene rings is 1. The van der Waals surface area contributed by atoms with Crippen LogP contribution >= 0.6 is 11.3 Å². The van der Waals surface area contributed by atoms with Crippen molar-refractivity contribution in [3.8, 4) is 0 Å². The number of rotatable bonds is 3. The summed E-state index contributed by atoms with van der Waals surface area (Å²) in [7, 11) is 0. The summed E-state index contributed by atoms with van der Waals surface area (Å²) in [5.74, 6) is -0.138. The molecule has 5 rings (SSSR count). The fourth-order valence-electron chi connectivity index (χ4n) is 3.93. The first-order valence-corrected chi connectivity index (χ1v) is 9.87. The third-order valence-corrected chi connectivity index (χ3v) is 6.53. The second-order valence-corrected chi connectivity index (χ2v) is 8.14. The summed E-state index contributed by atoms with van der Waals surface area (Å²) in [6.07, 6.45) is 5.54. The predicted molar refractivity (Wildman–Crippen MR) is 104 cm³/mol. The first-order chi connectivity index (χ1) is 13.1. The van der Waals surface area contributed by atoms with Gasteiger partial charge in [0.15, 0.2) is 5.78 Å². The number of nitrogens with one attached hydrogen (secondary N) is 1. The maximum Gasteiger partial charge on any atom is 0.262 e. The van der Waals surface area contributed by atoms with E-state index in [0.29, 0.717) is 23.8 Å². The van der Waals surface area contributed by atoms with E-state index in [-0.39, 0.29) is 23.8 Å². The Balaban J connectivity index is 1.47. The second-order valence-electron chi connectivity index (χ2n) is 7.06. The molecular weight excluding hydrogens is 362 g/mol. The van der Waals surface area contributed by atoms with Crippen LogP contribution in [0.5, 0.6) is 0 Å². The molecule has 7 heteroatoms. The Morgan fingerprint density at radius 1 is 1.19 bits per heavy atom. The normalized spacial score (nSPS) is 15.5. The fraction of sp³-hybridized carbons (Fsp3) is 0.300. The number of aryl methyl sites for hydroxylation is 3. The molecule has 0 saturated heterocycles. The average Bonchev–Trinajstić information content (AvgIpc) is 3.24. The summed E-state index contributed by atoms with van der Waals surface area (Å²) in [6.45, 7) is -0.0302. The summed E-state index contributed by atoms with van der Waals surface area (Å²) in [5.41, 5.74) is 3.26. The summed E-state index contributed by atoms with van der Waals surface area (Å²) in [4.78, 5) is 43.6. The minimum atomic E-state index is -0.134. The molecule has 1 N–H and O–H groups in total. The van der Waals surface area contributed by atoms with Crippen LogP contribution in [0.3, 0.4) is 0 Å². The highest BCUT2D eigenvalue weighted by atomic mass is 32.1. The molecule has 3 heterocycles. The third kappa shape index (κ3) is 2.70. The van der Waals surface area contributed by atoms with E-state index in [1.54, 1.807) is 23.5 Å². The van der Waals surface area contributed by atoms with Crippen molar-refractivity contribution in [2.24, 2.45) is 0 Å². The molecule has 1 amide bonds. The maximum atomic E-state index is 12.9. The topological polar surface area (TPSA) is 81.1 Å². The van der Waals surface area contributed by atoms with Crippen LogP contribution < -0.4 is 10.9 Å². The molecule has 1 aliphatic carbocycles. The van der Waals surface area contributed by atoms with E-state index in [2.05, 4.69) is 10.3 Å². The predicted octanol–water partition coefficient (Wildman–Crippen LogP) is 2.71. The lowest BCUT2D eigenvalue weighted by molar-refractivity contribution is -0.116. The molecule has 6 nitrogen and oxygen atoms in total. The molecule has 2 aliphatic rings. The van der Waals surface area contributed by atoms with Crippen molar-refractivity contribution in [2.75, 3.05) is 5.32 Å². The lowest BCUT2D eigenvalue weighted by Crippen LogP contribution is -2.25. The van der Waals surface area contributed by atoms with E-state index in [4.69, 9.17) is 0 Å². The number of carbonyl (C=O) groups excluding carboxylic acids is 2. The molecule has 1 aromatic carbocycles.